The molecule has 1 N–H and O–H groups in total. The van der Waals surface area contributed by atoms with Crippen molar-refractivity contribution in [1.82, 2.24) is 9.80 Å². The minimum Gasteiger partial charge on any atom is -0.507 e. The number of carbonyl (C=O) groups excluding carboxylic acids is 2. The minimum atomic E-state index is -0.804. The lowest BCUT2D eigenvalue weighted by Gasteiger charge is -2.30. The number of likely N-dealkylation sites (tertiary alicyclic amines) is 1. The van der Waals surface area contributed by atoms with Gasteiger partial charge >= 0.3 is 0 Å². The van der Waals surface area contributed by atoms with Gasteiger partial charge in [0, 0.05) is 31.7 Å². The molecule has 9 heteroatoms. The number of nitrogens with zero attached hydrogens (tertiary/aromatic N) is 2. The van der Waals surface area contributed by atoms with Crippen molar-refractivity contribution >= 4 is 17.4 Å². The van der Waals surface area contributed by atoms with Crippen LogP contribution in [0.1, 0.15) is 17.4 Å². The Balaban J connectivity index is 1.50. The number of ether oxygens (including phenoxy) is 3. The predicted molar refractivity (Wildman–Crippen MR) is 108 cm³/mol. The molecule has 9 nitrogen and oxygen atoms in total. The summed E-state index contributed by atoms with van der Waals surface area (Å²) in [5.74, 6) is -0.212. The van der Waals surface area contributed by atoms with Gasteiger partial charge in [0.05, 0.1) is 25.1 Å². The van der Waals surface area contributed by atoms with Gasteiger partial charge in [-0.25, -0.2) is 0 Å². The number of benzene rings is 1. The molecule has 2 aromatic rings. The predicted octanol–water partition coefficient (Wildman–Crippen LogP) is 1.76. The highest BCUT2D eigenvalue weighted by atomic mass is 16.7. The van der Waals surface area contributed by atoms with E-state index in [-0.39, 0.29) is 18.1 Å². The third-order valence-corrected chi connectivity index (χ3v) is 5.76. The number of rotatable bonds is 5. The van der Waals surface area contributed by atoms with Gasteiger partial charge in [0.2, 0.25) is 6.79 Å². The largest absolute Gasteiger partial charge is 0.507 e. The summed E-state index contributed by atoms with van der Waals surface area (Å²) in [5, 5.41) is 11.1. The molecule has 3 aliphatic rings. The van der Waals surface area contributed by atoms with Gasteiger partial charge < -0.3 is 28.6 Å². The number of hydrogen-bond acceptors (Lipinski definition) is 8. The van der Waals surface area contributed by atoms with Crippen molar-refractivity contribution in [1.29, 1.82) is 0 Å². The monoisotopic (exact) mass is 426 g/mol. The van der Waals surface area contributed by atoms with Crippen molar-refractivity contribution in [3.8, 4) is 11.5 Å². The third-order valence-electron chi connectivity index (χ3n) is 5.76. The Morgan fingerprint density at radius 1 is 1.06 bits per heavy atom. The summed E-state index contributed by atoms with van der Waals surface area (Å²) >= 11 is 0. The normalized spacial score (nSPS) is 23.0. The maximum atomic E-state index is 13.0. The van der Waals surface area contributed by atoms with Crippen molar-refractivity contribution in [3.63, 3.8) is 0 Å². The fraction of sp³-hybridized carbons (Fsp3) is 0.364. The molecule has 1 amide bonds. The van der Waals surface area contributed by atoms with Crippen LogP contribution in [-0.2, 0) is 14.3 Å². The molecule has 0 aliphatic carbocycles. The SMILES string of the molecule is O=C1C(=O)N(CCN2CCOCC2)[C@@H](c2ccco2)C1=C(O)c1ccc2c(c1)OCO2. The molecule has 1 atom stereocenters. The first-order valence-corrected chi connectivity index (χ1v) is 10.2. The van der Waals surface area contributed by atoms with E-state index in [1.807, 2.05) is 0 Å². The van der Waals surface area contributed by atoms with E-state index in [1.54, 1.807) is 30.3 Å². The number of carbonyl (C=O) groups is 2. The number of hydrogen-bond donors (Lipinski definition) is 1. The number of fused-ring (bicyclic) bond motifs is 1. The number of morpholine rings is 1. The van der Waals surface area contributed by atoms with Gasteiger partial charge in [0.1, 0.15) is 17.6 Å². The molecule has 4 heterocycles. The van der Waals surface area contributed by atoms with Crippen LogP contribution < -0.4 is 9.47 Å². The maximum absolute atomic E-state index is 13.0. The average molecular weight is 426 g/mol. The number of amides is 1. The first-order valence-electron chi connectivity index (χ1n) is 10.2. The molecule has 1 aromatic carbocycles. The molecule has 162 valence electrons. The molecule has 0 saturated carbocycles. The lowest BCUT2D eigenvalue weighted by molar-refractivity contribution is -0.140. The van der Waals surface area contributed by atoms with E-state index >= 15 is 0 Å². The number of furan rings is 1. The van der Waals surface area contributed by atoms with Crippen LogP contribution in [0.4, 0.5) is 0 Å². The molecule has 0 radical (unpaired) electrons. The van der Waals surface area contributed by atoms with Gasteiger partial charge in [0.15, 0.2) is 11.5 Å². The van der Waals surface area contributed by atoms with Gasteiger partial charge in [-0.15, -0.1) is 0 Å². The number of ketones is 1. The minimum absolute atomic E-state index is 0.000734. The Kier molecular flexibility index (Phi) is 5.13. The summed E-state index contributed by atoms with van der Waals surface area (Å²) < 4.78 is 21.6. The van der Waals surface area contributed by atoms with Crippen molar-refractivity contribution in [2.75, 3.05) is 46.2 Å². The average Bonchev–Trinajstić information content (AvgIpc) is 3.53. The van der Waals surface area contributed by atoms with Gasteiger partial charge in [-0.1, -0.05) is 0 Å². The standard InChI is InChI=1S/C22H22N2O7/c25-20(14-3-4-15-17(12-14)31-13-30-15)18-19(16-2-1-9-29-16)24(22(27)21(18)26)6-5-23-7-10-28-11-8-23/h1-4,9,12,19,25H,5-8,10-11,13H2/t19-/m0/s1. The van der Waals surface area contributed by atoms with Crippen LogP contribution in [-0.4, -0.2) is 72.8 Å². The van der Waals surface area contributed by atoms with Gasteiger partial charge in [-0.2, -0.15) is 0 Å². The summed E-state index contributed by atoms with van der Waals surface area (Å²) in [5.41, 5.74) is 0.368. The zero-order valence-corrected chi connectivity index (χ0v) is 16.8. The fourth-order valence-corrected chi connectivity index (χ4v) is 4.13. The topological polar surface area (TPSA) is 102 Å². The molecule has 5 rings (SSSR count). The molecule has 2 saturated heterocycles. The smallest absolute Gasteiger partial charge is 0.295 e. The van der Waals surface area contributed by atoms with Gasteiger partial charge in [-0.3, -0.25) is 14.5 Å². The Morgan fingerprint density at radius 3 is 2.65 bits per heavy atom. The highest BCUT2D eigenvalue weighted by Gasteiger charge is 2.47. The second-order valence-corrected chi connectivity index (χ2v) is 7.53. The van der Waals surface area contributed by atoms with E-state index < -0.39 is 17.7 Å². The van der Waals surface area contributed by atoms with Crippen LogP contribution >= 0.6 is 0 Å². The van der Waals surface area contributed by atoms with E-state index in [9.17, 15) is 14.7 Å². The lowest BCUT2D eigenvalue weighted by atomic mass is 9.99. The third kappa shape index (κ3) is 3.55. The highest BCUT2D eigenvalue weighted by Crippen LogP contribution is 2.41. The molecule has 31 heavy (non-hydrogen) atoms. The van der Waals surface area contributed by atoms with Crippen LogP contribution in [0.15, 0.2) is 46.6 Å². The van der Waals surface area contributed by atoms with Crippen molar-refractivity contribution < 1.29 is 33.3 Å². The summed E-state index contributed by atoms with van der Waals surface area (Å²) in [7, 11) is 0. The number of aliphatic hydroxyl groups is 1. The highest BCUT2D eigenvalue weighted by molar-refractivity contribution is 6.46. The van der Waals surface area contributed by atoms with E-state index in [0.717, 1.165) is 13.1 Å². The first kappa shape index (κ1) is 19.7. The molecule has 2 fully saturated rings. The lowest BCUT2D eigenvalue weighted by Crippen LogP contribution is -2.42. The quantitative estimate of drug-likeness (QED) is 0.439. The summed E-state index contributed by atoms with van der Waals surface area (Å²) in [6, 6.07) is 7.47. The maximum Gasteiger partial charge on any atom is 0.295 e. The van der Waals surface area contributed by atoms with Crippen LogP contribution in [0.25, 0.3) is 5.76 Å². The Morgan fingerprint density at radius 2 is 1.87 bits per heavy atom. The molecule has 0 bridgehead atoms. The second kappa shape index (κ2) is 8.09. The first-order chi connectivity index (χ1) is 15.1. The van der Waals surface area contributed by atoms with Gasteiger partial charge in [0.25, 0.3) is 11.7 Å². The molecular weight excluding hydrogens is 404 g/mol. The van der Waals surface area contributed by atoms with E-state index in [1.165, 1.54) is 11.2 Å². The van der Waals surface area contributed by atoms with Crippen molar-refractivity contribution in [3.05, 3.63) is 53.5 Å². The van der Waals surface area contributed by atoms with Crippen molar-refractivity contribution in [2.24, 2.45) is 0 Å². The molecule has 0 unspecified atom stereocenters. The van der Waals surface area contributed by atoms with Crippen molar-refractivity contribution in [2.45, 2.75) is 6.04 Å². The Labute approximate surface area is 178 Å². The zero-order valence-electron chi connectivity index (χ0n) is 16.8. The molecule has 0 spiro atoms. The van der Waals surface area contributed by atoms with Gasteiger partial charge in [-0.05, 0) is 30.3 Å². The molecule has 3 aliphatic heterocycles. The zero-order chi connectivity index (χ0) is 21.4. The molecular formula is C22H22N2O7. The Hall–Kier alpha value is -3.30. The number of Topliss-reactive ketones (excluding diaryl/α,β-unsaturated/α-hetero) is 1. The van der Waals surface area contributed by atoms with Crippen LogP contribution in [0.2, 0.25) is 0 Å². The number of aliphatic hydroxyl groups excluding tert-OH is 1. The fourth-order valence-electron chi connectivity index (χ4n) is 4.13. The summed E-state index contributed by atoms with van der Waals surface area (Å²) in [6.45, 7) is 3.84. The van der Waals surface area contributed by atoms with E-state index in [0.29, 0.717) is 49.1 Å². The van der Waals surface area contributed by atoms with Crippen LogP contribution in [0.5, 0.6) is 11.5 Å². The summed E-state index contributed by atoms with van der Waals surface area (Å²) in [4.78, 5) is 29.5. The second-order valence-electron chi connectivity index (χ2n) is 7.53. The van der Waals surface area contributed by atoms with Crippen LogP contribution in [0.3, 0.4) is 0 Å². The van der Waals surface area contributed by atoms with E-state index in [4.69, 9.17) is 18.6 Å². The molecule has 1 aromatic heterocycles. The van der Waals surface area contributed by atoms with Crippen LogP contribution in [0, 0.1) is 0 Å². The Bertz CT molecular complexity index is 1020. The van der Waals surface area contributed by atoms with E-state index in [2.05, 4.69) is 4.90 Å². The summed E-state index contributed by atoms with van der Waals surface area (Å²) in [6.07, 6.45) is 1.48.